The van der Waals surface area contributed by atoms with Crippen molar-refractivity contribution in [2.45, 2.75) is 0 Å². The normalized spacial score (nSPS) is 14.2. The van der Waals surface area contributed by atoms with Gasteiger partial charge < -0.3 is 11.5 Å². The zero-order chi connectivity index (χ0) is 6.57. The van der Waals surface area contributed by atoms with Crippen LogP contribution >= 0.6 is 23.6 Å². The Balaban J connectivity index is 4.04. The summed E-state index contributed by atoms with van der Waals surface area (Å²) in [6, 6.07) is 0. The van der Waals surface area contributed by atoms with Crippen molar-refractivity contribution in [2.24, 2.45) is 20.5 Å². The van der Waals surface area contributed by atoms with Gasteiger partial charge in [0.25, 0.3) is 0 Å². The van der Waals surface area contributed by atoms with Gasteiger partial charge in [-0.1, -0.05) is 0 Å². The summed E-state index contributed by atoms with van der Waals surface area (Å²) < 4.78 is 5.97. The van der Waals surface area contributed by atoms with Crippen molar-refractivity contribution in [1.82, 2.24) is 0 Å². The van der Waals surface area contributed by atoms with Gasteiger partial charge in [-0.05, 0) is 0 Å². The number of hydrogen-bond acceptors (Lipinski definition) is 2. The maximum absolute atomic E-state index is 5.00. The molecular weight excluding hydrogens is 151 g/mol. The molecule has 0 aromatic heterocycles. The van der Waals surface area contributed by atoms with E-state index in [1.54, 1.807) is 0 Å². The van der Waals surface area contributed by atoms with Crippen molar-refractivity contribution in [1.29, 1.82) is 0 Å². The van der Waals surface area contributed by atoms with Crippen LogP contribution in [0.25, 0.3) is 0 Å². The van der Waals surface area contributed by atoms with E-state index in [-0.39, 0.29) is 11.7 Å². The summed E-state index contributed by atoms with van der Waals surface area (Å²) in [5.41, 5.74) is 10.0. The van der Waals surface area contributed by atoms with Crippen LogP contribution < -0.4 is 11.5 Å². The van der Waals surface area contributed by atoms with Crippen LogP contribution in [0.1, 0.15) is 0 Å². The van der Waals surface area contributed by atoms with E-state index in [9.17, 15) is 0 Å². The van der Waals surface area contributed by atoms with Crippen molar-refractivity contribution in [3.63, 3.8) is 0 Å². The molecule has 0 amide bonds. The Labute approximate surface area is 56.4 Å². The third-order valence-corrected chi connectivity index (χ3v) is 0.809. The maximum atomic E-state index is 5.00. The summed E-state index contributed by atoms with van der Waals surface area (Å²) in [5, 5.41) is 0. The van der Waals surface area contributed by atoms with Gasteiger partial charge in [0.2, 0.25) is 0 Å². The van der Waals surface area contributed by atoms with Gasteiger partial charge in [-0.25, -0.2) is 0 Å². The highest BCUT2D eigenvalue weighted by atomic mass is 35.5. The fraction of sp³-hybridized carbons (Fsp3) is 0. The summed E-state index contributed by atoms with van der Waals surface area (Å²) in [4.78, 5) is 0. The monoisotopic (exact) mass is 154 g/mol. The SMILES string of the molecule is NC(=N\Cl)/C(N)=N/Cl. The Morgan fingerprint density at radius 1 is 1.00 bits per heavy atom. The fourth-order valence-electron chi connectivity index (χ4n) is 0.0866. The van der Waals surface area contributed by atoms with Crippen molar-refractivity contribution in [2.75, 3.05) is 0 Å². The summed E-state index contributed by atoms with van der Waals surface area (Å²) >= 11 is 9.74. The first-order valence-electron chi connectivity index (χ1n) is 1.61. The first kappa shape index (κ1) is 7.52. The number of nitrogens with zero attached hydrogens (tertiary/aromatic N) is 2. The topological polar surface area (TPSA) is 76.8 Å². The maximum Gasteiger partial charge on any atom is 0.181 e. The van der Waals surface area contributed by atoms with Gasteiger partial charge >= 0.3 is 0 Å². The molecule has 4 nitrogen and oxygen atoms in total. The summed E-state index contributed by atoms with van der Waals surface area (Å²) in [5.74, 6) is -0.164. The van der Waals surface area contributed by atoms with E-state index in [1.165, 1.54) is 0 Å². The molecule has 0 aromatic carbocycles. The summed E-state index contributed by atoms with van der Waals surface area (Å²) in [7, 11) is 0. The summed E-state index contributed by atoms with van der Waals surface area (Å²) in [6.07, 6.45) is 0. The quantitative estimate of drug-likeness (QED) is 0.381. The van der Waals surface area contributed by atoms with Crippen LogP contribution in [-0.4, -0.2) is 11.7 Å². The molecule has 46 valence electrons. The van der Waals surface area contributed by atoms with Gasteiger partial charge in [-0.15, -0.1) is 0 Å². The van der Waals surface area contributed by atoms with Crippen LogP contribution in [0, 0.1) is 0 Å². The number of amidine groups is 2. The molecule has 0 rings (SSSR count). The molecule has 8 heavy (non-hydrogen) atoms. The third kappa shape index (κ3) is 1.99. The molecule has 6 heteroatoms. The van der Waals surface area contributed by atoms with E-state index in [0.717, 1.165) is 0 Å². The number of hydrogen-bond donors (Lipinski definition) is 2. The van der Waals surface area contributed by atoms with Crippen molar-refractivity contribution >= 4 is 35.2 Å². The van der Waals surface area contributed by atoms with Gasteiger partial charge in [0.1, 0.15) is 0 Å². The van der Waals surface area contributed by atoms with Crippen molar-refractivity contribution in [3.8, 4) is 0 Å². The number of halogens is 2. The van der Waals surface area contributed by atoms with E-state index in [2.05, 4.69) is 9.02 Å². The smallest absolute Gasteiger partial charge is 0.181 e. The van der Waals surface area contributed by atoms with Crippen LogP contribution in [0.4, 0.5) is 0 Å². The van der Waals surface area contributed by atoms with E-state index < -0.39 is 0 Å². The average Bonchev–Trinajstić information content (AvgIpc) is 1.84. The Morgan fingerprint density at radius 2 is 1.25 bits per heavy atom. The lowest BCUT2D eigenvalue weighted by Crippen LogP contribution is -2.29. The molecule has 0 bridgehead atoms. The standard InChI is InChI=1S/C2H4Cl2N4/c3-7-1(5)2(6)8-4/h(H2,5,7)(H2,6,8). The predicted octanol–water partition coefficient (Wildman–Crippen LogP) is 0.00840. The molecule has 0 saturated heterocycles. The molecule has 0 aliphatic rings. The molecule has 0 fully saturated rings. The first-order chi connectivity index (χ1) is 3.72. The lowest BCUT2D eigenvalue weighted by atomic mass is 10.6. The van der Waals surface area contributed by atoms with Crippen molar-refractivity contribution in [3.05, 3.63) is 0 Å². The van der Waals surface area contributed by atoms with Crippen LogP contribution in [-0.2, 0) is 0 Å². The van der Waals surface area contributed by atoms with E-state index >= 15 is 0 Å². The Morgan fingerprint density at radius 3 is 1.38 bits per heavy atom. The lowest BCUT2D eigenvalue weighted by Gasteiger charge is -1.89. The molecule has 0 heterocycles. The zero-order valence-corrected chi connectivity index (χ0v) is 5.32. The second kappa shape index (κ2) is 3.51. The van der Waals surface area contributed by atoms with Gasteiger partial charge in [0, 0.05) is 23.6 Å². The van der Waals surface area contributed by atoms with Crippen LogP contribution in [0.5, 0.6) is 0 Å². The highest BCUT2D eigenvalue weighted by Crippen LogP contribution is 1.80. The van der Waals surface area contributed by atoms with E-state index in [4.69, 9.17) is 35.0 Å². The van der Waals surface area contributed by atoms with E-state index in [0.29, 0.717) is 0 Å². The number of nitrogens with two attached hydrogens (primary N) is 2. The Bertz CT molecular complexity index is 112. The summed E-state index contributed by atoms with van der Waals surface area (Å²) in [6.45, 7) is 0. The molecular formula is C2H4Cl2N4. The molecule has 0 aliphatic heterocycles. The predicted molar refractivity (Wildman–Crippen MR) is 35.0 cm³/mol. The molecule has 0 atom stereocenters. The minimum atomic E-state index is -0.0818. The average molecular weight is 155 g/mol. The third-order valence-electron chi connectivity index (χ3n) is 0.445. The highest BCUT2D eigenvalue weighted by molar-refractivity contribution is 6.46. The molecule has 4 N–H and O–H groups in total. The second-order valence-corrected chi connectivity index (χ2v) is 1.28. The van der Waals surface area contributed by atoms with Crippen molar-refractivity contribution < 1.29 is 0 Å². The van der Waals surface area contributed by atoms with Gasteiger partial charge in [0.15, 0.2) is 11.7 Å². The minimum Gasteiger partial charge on any atom is -0.380 e. The van der Waals surface area contributed by atoms with E-state index in [1.807, 2.05) is 0 Å². The molecule has 0 aliphatic carbocycles. The lowest BCUT2D eigenvalue weighted by molar-refractivity contribution is 1.61. The van der Waals surface area contributed by atoms with Crippen LogP contribution in [0.3, 0.4) is 0 Å². The Kier molecular flexibility index (Phi) is 3.30. The zero-order valence-electron chi connectivity index (χ0n) is 3.81. The van der Waals surface area contributed by atoms with Gasteiger partial charge in [0.05, 0.1) is 0 Å². The molecule has 0 saturated carbocycles. The van der Waals surface area contributed by atoms with Gasteiger partial charge in [-0.3, -0.25) is 0 Å². The highest BCUT2D eigenvalue weighted by Gasteiger charge is 1.94. The number of rotatable bonds is 0. The molecule has 0 unspecified atom stereocenters. The van der Waals surface area contributed by atoms with Gasteiger partial charge in [-0.2, -0.15) is 9.02 Å². The van der Waals surface area contributed by atoms with Crippen LogP contribution in [0.2, 0.25) is 0 Å². The largest absolute Gasteiger partial charge is 0.380 e. The molecule has 0 aromatic rings. The molecule has 0 radical (unpaired) electrons. The second-order valence-electron chi connectivity index (χ2n) is 0.940. The van der Waals surface area contributed by atoms with Crippen LogP contribution in [0.15, 0.2) is 9.02 Å². The first-order valence-corrected chi connectivity index (χ1v) is 2.29. The minimum absolute atomic E-state index is 0.0818. The Hall–Kier alpha value is -0.480. The fourth-order valence-corrected chi connectivity index (χ4v) is 0.260. The molecule has 0 spiro atoms.